The van der Waals surface area contributed by atoms with Gasteiger partial charge in [0.25, 0.3) is 0 Å². The quantitative estimate of drug-likeness (QED) is 0.811. The second-order valence-electron chi connectivity index (χ2n) is 8.28. The van der Waals surface area contributed by atoms with Gasteiger partial charge in [0, 0.05) is 23.2 Å². The Bertz CT molecular complexity index is 912. The van der Waals surface area contributed by atoms with Crippen molar-refractivity contribution in [2.24, 2.45) is 0 Å². The average Bonchev–Trinajstić information content (AvgIpc) is 2.85. The Morgan fingerprint density at radius 2 is 1.86 bits per heavy atom. The molecule has 4 rings (SSSR count). The minimum absolute atomic E-state index is 0.197. The van der Waals surface area contributed by atoms with Crippen LogP contribution in [-0.4, -0.2) is 38.1 Å². The second-order valence-corrected chi connectivity index (χ2v) is 8.28. The number of phenols is 1. The molecule has 0 radical (unpaired) electrons. The van der Waals surface area contributed by atoms with E-state index in [9.17, 15) is 23.4 Å². The van der Waals surface area contributed by atoms with E-state index in [0.29, 0.717) is 24.1 Å². The van der Waals surface area contributed by atoms with E-state index in [-0.39, 0.29) is 17.6 Å². The summed E-state index contributed by atoms with van der Waals surface area (Å²) in [6.45, 7) is 5.41. The first-order valence-electron chi connectivity index (χ1n) is 9.25. The van der Waals surface area contributed by atoms with Crippen LogP contribution >= 0.6 is 0 Å². The summed E-state index contributed by atoms with van der Waals surface area (Å²) in [6.07, 6.45) is -2.46. The van der Waals surface area contributed by atoms with Gasteiger partial charge in [-0.2, -0.15) is 13.2 Å². The second kappa shape index (κ2) is 6.07. The molecule has 2 aliphatic rings. The summed E-state index contributed by atoms with van der Waals surface area (Å²) in [4.78, 5) is 2.17. The predicted molar refractivity (Wildman–Crippen MR) is 98.2 cm³/mol. The molecule has 1 fully saturated rings. The van der Waals surface area contributed by atoms with E-state index in [4.69, 9.17) is 0 Å². The number of alkyl halides is 3. The highest BCUT2D eigenvalue weighted by molar-refractivity contribution is 5.73. The highest BCUT2D eigenvalue weighted by atomic mass is 19.4. The molecule has 8 heteroatoms. The molecule has 2 N–H and O–H groups in total. The SMILES string of the molecule is Cc1cc(C(F)(F)F)cc(O)c1-c1cc2c(nn1)N(C1CC(C)(O)C1)C(C)C2. The molecule has 150 valence electrons. The van der Waals surface area contributed by atoms with Crippen molar-refractivity contribution in [2.45, 2.75) is 63.9 Å². The van der Waals surface area contributed by atoms with E-state index < -0.39 is 23.1 Å². The van der Waals surface area contributed by atoms with Crippen LogP contribution < -0.4 is 4.90 Å². The minimum Gasteiger partial charge on any atom is -0.507 e. The Balaban J connectivity index is 1.69. The number of anilines is 1. The first kappa shape index (κ1) is 19.0. The fourth-order valence-corrected chi connectivity index (χ4v) is 4.49. The number of fused-ring (bicyclic) bond motifs is 1. The van der Waals surface area contributed by atoms with Crippen LogP contribution in [0.1, 0.15) is 43.4 Å². The van der Waals surface area contributed by atoms with Crippen molar-refractivity contribution in [3.8, 4) is 17.0 Å². The molecule has 1 aromatic carbocycles. The van der Waals surface area contributed by atoms with Crippen molar-refractivity contribution in [3.63, 3.8) is 0 Å². The molecule has 1 atom stereocenters. The molecule has 1 unspecified atom stereocenters. The lowest BCUT2D eigenvalue weighted by molar-refractivity contribution is -0.137. The van der Waals surface area contributed by atoms with Gasteiger partial charge in [-0.15, -0.1) is 10.2 Å². The maximum atomic E-state index is 13.0. The maximum absolute atomic E-state index is 13.0. The minimum atomic E-state index is -4.52. The number of hydrogen-bond acceptors (Lipinski definition) is 5. The van der Waals surface area contributed by atoms with Crippen molar-refractivity contribution < 1.29 is 23.4 Å². The van der Waals surface area contributed by atoms with Crippen molar-refractivity contribution in [1.82, 2.24) is 10.2 Å². The normalized spacial score (nSPS) is 26.9. The number of phenolic OH excluding ortho intramolecular Hbond substituents is 1. The smallest absolute Gasteiger partial charge is 0.416 e. The van der Waals surface area contributed by atoms with Gasteiger partial charge in [-0.3, -0.25) is 0 Å². The van der Waals surface area contributed by atoms with Gasteiger partial charge in [-0.25, -0.2) is 0 Å². The number of aliphatic hydroxyl groups is 1. The van der Waals surface area contributed by atoms with E-state index in [0.717, 1.165) is 29.9 Å². The number of benzene rings is 1. The van der Waals surface area contributed by atoms with E-state index in [1.54, 1.807) is 6.07 Å². The lowest BCUT2D eigenvalue weighted by Gasteiger charge is -2.47. The lowest BCUT2D eigenvalue weighted by atomic mass is 9.76. The van der Waals surface area contributed by atoms with Crippen LogP contribution in [0, 0.1) is 6.92 Å². The summed E-state index contributed by atoms with van der Waals surface area (Å²) < 4.78 is 38.9. The maximum Gasteiger partial charge on any atom is 0.416 e. The molecule has 1 aliphatic carbocycles. The standard InChI is InChI=1S/C20H22F3N3O2/c1-10-4-13(20(21,22)23)7-16(27)17(10)15-6-12-5-11(2)26(18(12)25-24-15)14-8-19(3,28)9-14/h4,6-7,11,14,27-28H,5,8-9H2,1-3H3. The van der Waals surface area contributed by atoms with Crippen molar-refractivity contribution in [2.75, 3.05) is 4.90 Å². The van der Waals surface area contributed by atoms with Gasteiger partial charge >= 0.3 is 6.18 Å². The van der Waals surface area contributed by atoms with Crippen LogP contribution in [0.2, 0.25) is 0 Å². The highest BCUT2D eigenvalue weighted by Crippen LogP contribution is 2.44. The Morgan fingerprint density at radius 3 is 2.43 bits per heavy atom. The zero-order chi connectivity index (χ0) is 20.4. The van der Waals surface area contributed by atoms with E-state index in [1.165, 1.54) is 6.92 Å². The fraction of sp³-hybridized carbons (Fsp3) is 0.500. The van der Waals surface area contributed by atoms with Crippen molar-refractivity contribution in [3.05, 3.63) is 34.9 Å². The zero-order valence-electron chi connectivity index (χ0n) is 15.9. The molecule has 0 bridgehead atoms. The average molecular weight is 393 g/mol. The summed E-state index contributed by atoms with van der Waals surface area (Å²) in [5.41, 5.74) is 0.321. The Hall–Kier alpha value is -2.35. The van der Waals surface area contributed by atoms with Crippen LogP contribution in [-0.2, 0) is 12.6 Å². The summed E-state index contributed by atoms with van der Waals surface area (Å²) in [6, 6.07) is 3.93. The number of hydrogen-bond donors (Lipinski definition) is 2. The van der Waals surface area contributed by atoms with Crippen LogP contribution in [0.5, 0.6) is 5.75 Å². The number of rotatable bonds is 2. The van der Waals surface area contributed by atoms with Crippen LogP contribution in [0.3, 0.4) is 0 Å². The third kappa shape index (κ3) is 3.09. The zero-order valence-corrected chi connectivity index (χ0v) is 15.9. The van der Waals surface area contributed by atoms with Crippen LogP contribution in [0.15, 0.2) is 18.2 Å². The summed E-state index contributed by atoms with van der Waals surface area (Å²) in [5, 5.41) is 28.8. The summed E-state index contributed by atoms with van der Waals surface area (Å²) in [7, 11) is 0. The van der Waals surface area contributed by atoms with Gasteiger partial charge in [0.2, 0.25) is 0 Å². The molecular formula is C20H22F3N3O2. The molecule has 1 aliphatic heterocycles. The monoisotopic (exact) mass is 393 g/mol. The molecule has 2 heterocycles. The van der Waals surface area contributed by atoms with Crippen LogP contribution in [0.4, 0.5) is 19.0 Å². The molecule has 0 saturated heterocycles. The molecule has 0 spiro atoms. The Morgan fingerprint density at radius 1 is 1.18 bits per heavy atom. The molecular weight excluding hydrogens is 371 g/mol. The molecule has 1 aromatic heterocycles. The van der Waals surface area contributed by atoms with Gasteiger partial charge in [-0.05, 0) is 63.8 Å². The number of aromatic hydroxyl groups is 1. The van der Waals surface area contributed by atoms with Gasteiger partial charge in [0.1, 0.15) is 5.75 Å². The van der Waals surface area contributed by atoms with Gasteiger partial charge in [0.05, 0.1) is 16.9 Å². The van der Waals surface area contributed by atoms with E-state index >= 15 is 0 Å². The number of aryl methyl sites for hydroxylation is 1. The van der Waals surface area contributed by atoms with Crippen molar-refractivity contribution >= 4 is 5.82 Å². The Kier molecular flexibility index (Phi) is 4.12. The first-order chi connectivity index (χ1) is 13.0. The topological polar surface area (TPSA) is 69.5 Å². The number of nitrogens with zero attached hydrogens (tertiary/aromatic N) is 3. The lowest BCUT2D eigenvalue weighted by Crippen LogP contribution is -2.55. The number of aromatic nitrogens is 2. The molecule has 5 nitrogen and oxygen atoms in total. The fourth-order valence-electron chi connectivity index (χ4n) is 4.49. The predicted octanol–water partition coefficient (Wildman–Crippen LogP) is 3.84. The van der Waals surface area contributed by atoms with Gasteiger partial charge in [-0.1, -0.05) is 0 Å². The largest absolute Gasteiger partial charge is 0.507 e. The summed E-state index contributed by atoms with van der Waals surface area (Å²) in [5.74, 6) is 0.292. The van der Waals surface area contributed by atoms with Gasteiger partial charge < -0.3 is 15.1 Å². The van der Waals surface area contributed by atoms with Crippen LogP contribution in [0.25, 0.3) is 11.3 Å². The van der Waals surface area contributed by atoms with E-state index in [1.807, 2.05) is 6.92 Å². The molecule has 28 heavy (non-hydrogen) atoms. The third-order valence-corrected chi connectivity index (χ3v) is 5.73. The summed E-state index contributed by atoms with van der Waals surface area (Å²) >= 11 is 0. The van der Waals surface area contributed by atoms with E-state index in [2.05, 4.69) is 22.0 Å². The molecule has 1 saturated carbocycles. The van der Waals surface area contributed by atoms with Crippen molar-refractivity contribution in [1.29, 1.82) is 0 Å². The highest BCUT2D eigenvalue weighted by Gasteiger charge is 2.46. The molecule has 0 amide bonds. The first-order valence-corrected chi connectivity index (χ1v) is 9.25. The Labute approximate surface area is 160 Å². The third-order valence-electron chi connectivity index (χ3n) is 5.73. The van der Waals surface area contributed by atoms with Gasteiger partial charge in [0.15, 0.2) is 5.82 Å². The number of halogens is 3. The molecule has 2 aromatic rings.